The summed E-state index contributed by atoms with van der Waals surface area (Å²) in [4.78, 5) is 11.9. The molecule has 0 radical (unpaired) electrons. The number of aliphatic hydroxyl groups is 1. The molecule has 0 aliphatic carbocycles. The molecule has 1 heterocycles. The van der Waals surface area contributed by atoms with Gasteiger partial charge in [-0.1, -0.05) is 15.9 Å². The van der Waals surface area contributed by atoms with E-state index in [1.807, 2.05) is 0 Å². The summed E-state index contributed by atoms with van der Waals surface area (Å²) in [5.74, 6) is -0.898. The van der Waals surface area contributed by atoms with E-state index in [4.69, 9.17) is 4.42 Å². The van der Waals surface area contributed by atoms with Gasteiger partial charge < -0.3 is 14.8 Å². The van der Waals surface area contributed by atoms with E-state index in [0.717, 1.165) is 0 Å². The monoisotopic (exact) mass is 341 g/mol. The van der Waals surface area contributed by atoms with Crippen molar-refractivity contribution in [2.24, 2.45) is 0 Å². The molecule has 1 aromatic heterocycles. The molecule has 0 aliphatic rings. The fourth-order valence-corrected chi connectivity index (χ4v) is 2.03. The zero-order valence-corrected chi connectivity index (χ0v) is 12.3. The summed E-state index contributed by atoms with van der Waals surface area (Å²) in [5, 5.41) is 12.7. The van der Waals surface area contributed by atoms with Gasteiger partial charge in [0.25, 0.3) is 5.91 Å². The third-order valence-corrected chi connectivity index (χ3v) is 3.31. The Morgan fingerprint density at radius 3 is 2.85 bits per heavy atom. The first-order valence-electron chi connectivity index (χ1n) is 5.90. The summed E-state index contributed by atoms with van der Waals surface area (Å²) in [6.45, 7) is 1.42. The van der Waals surface area contributed by atoms with Crippen molar-refractivity contribution in [2.45, 2.75) is 12.5 Å². The van der Waals surface area contributed by atoms with Crippen molar-refractivity contribution in [3.63, 3.8) is 0 Å². The van der Waals surface area contributed by atoms with Crippen molar-refractivity contribution >= 4 is 21.8 Å². The third kappa shape index (κ3) is 3.26. The normalized spacial score (nSPS) is 13.8. The molecular weight excluding hydrogens is 329 g/mol. The molecule has 0 saturated heterocycles. The van der Waals surface area contributed by atoms with E-state index in [1.54, 1.807) is 18.2 Å². The summed E-state index contributed by atoms with van der Waals surface area (Å²) in [5.41, 5.74) is -1.44. The lowest BCUT2D eigenvalue weighted by Crippen LogP contribution is -2.38. The maximum Gasteiger partial charge on any atom is 0.254 e. The Morgan fingerprint density at radius 1 is 1.50 bits per heavy atom. The van der Waals surface area contributed by atoms with Crippen LogP contribution < -0.4 is 5.32 Å². The second-order valence-electron chi connectivity index (χ2n) is 4.56. The van der Waals surface area contributed by atoms with Gasteiger partial charge in [0.05, 0.1) is 18.4 Å². The van der Waals surface area contributed by atoms with E-state index in [-0.39, 0.29) is 12.1 Å². The molecule has 106 valence electrons. The number of amides is 1. The van der Waals surface area contributed by atoms with E-state index < -0.39 is 17.3 Å². The van der Waals surface area contributed by atoms with Gasteiger partial charge in [0.1, 0.15) is 17.2 Å². The minimum Gasteiger partial charge on any atom is -0.466 e. The summed E-state index contributed by atoms with van der Waals surface area (Å²) >= 11 is 3.12. The van der Waals surface area contributed by atoms with Gasteiger partial charge in [0.15, 0.2) is 0 Å². The number of furan rings is 1. The molecule has 1 atom stereocenters. The van der Waals surface area contributed by atoms with Crippen LogP contribution in [0.4, 0.5) is 4.39 Å². The van der Waals surface area contributed by atoms with Gasteiger partial charge in [-0.2, -0.15) is 0 Å². The highest BCUT2D eigenvalue weighted by atomic mass is 79.9. The molecule has 4 nitrogen and oxygen atoms in total. The van der Waals surface area contributed by atoms with Crippen molar-refractivity contribution in [3.8, 4) is 0 Å². The molecule has 6 heteroatoms. The molecule has 20 heavy (non-hydrogen) atoms. The van der Waals surface area contributed by atoms with Gasteiger partial charge in [-0.05, 0) is 37.3 Å². The largest absolute Gasteiger partial charge is 0.466 e. The molecule has 1 unspecified atom stereocenters. The zero-order valence-electron chi connectivity index (χ0n) is 10.7. The zero-order chi connectivity index (χ0) is 14.8. The molecule has 2 N–H and O–H groups in total. The Labute approximate surface area is 123 Å². The Hall–Kier alpha value is -1.66. The van der Waals surface area contributed by atoms with Crippen LogP contribution in [0.3, 0.4) is 0 Å². The lowest BCUT2D eigenvalue weighted by Gasteiger charge is -2.21. The van der Waals surface area contributed by atoms with Gasteiger partial charge in [-0.25, -0.2) is 4.39 Å². The van der Waals surface area contributed by atoms with Crippen LogP contribution in [-0.4, -0.2) is 17.6 Å². The van der Waals surface area contributed by atoms with Crippen molar-refractivity contribution < 1.29 is 18.7 Å². The summed E-state index contributed by atoms with van der Waals surface area (Å²) in [6, 6.07) is 7.39. The van der Waals surface area contributed by atoms with Gasteiger partial charge in [-0.15, -0.1) is 0 Å². The van der Waals surface area contributed by atoms with Gasteiger partial charge in [0, 0.05) is 4.47 Å². The van der Waals surface area contributed by atoms with Crippen LogP contribution in [0.15, 0.2) is 45.5 Å². The Morgan fingerprint density at radius 2 is 2.25 bits per heavy atom. The number of halogens is 2. The van der Waals surface area contributed by atoms with E-state index in [1.165, 1.54) is 25.3 Å². The summed E-state index contributed by atoms with van der Waals surface area (Å²) in [6.07, 6.45) is 1.43. The maximum absolute atomic E-state index is 13.6. The minimum atomic E-state index is -1.36. The molecule has 2 rings (SSSR count). The highest BCUT2D eigenvalue weighted by Crippen LogP contribution is 2.20. The number of hydrogen-bond donors (Lipinski definition) is 2. The summed E-state index contributed by atoms with van der Waals surface area (Å²) < 4.78 is 19.3. The van der Waals surface area contributed by atoms with Gasteiger partial charge >= 0.3 is 0 Å². The Bertz CT molecular complexity index is 611. The second-order valence-corrected chi connectivity index (χ2v) is 5.47. The first-order valence-corrected chi connectivity index (χ1v) is 6.69. The molecule has 0 aliphatic heterocycles. The molecule has 0 bridgehead atoms. The number of hydrogen-bond acceptors (Lipinski definition) is 3. The average molecular weight is 342 g/mol. The summed E-state index contributed by atoms with van der Waals surface area (Å²) in [7, 11) is 0. The van der Waals surface area contributed by atoms with Crippen LogP contribution in [0.5, 0.6) is 0 Å². The quantitative estimate of drug-likeness (QED) is 0.898. The number of carbonyl (C=O) groups excluding carboxylic acids is 1. The molecule has 1 amide bonds. The van der Waals surface area contributed by atoms with Crippen molar-refractivity contribution in [1.29, 1.82) is 0 Å². The van der Waals surface area contributed by atoms with Gasteiger partial charge in [-0.3, -0.25) is 4.79 Å². The molecule has 0 fully saturated rings. The Kier molecular flexibility index (Phi) is 4.25. The first kappa shape index (κ1) is 14.7. The van der Waals surface area contributed by atoms with Crippen molar-refractivity contribution in [3.05, 3.63) is 58.2 Å². The van der Waals surface area contributed by atoms with E-state index in [2.05, 4.69) is 21.2 Å². The lowest BCUT2D eigenvalue weighted by atomic mass is 10.0. The smallest absolute Gasteiger partial charge is 0.254 e. The van der Waals surface area contributed by atoms with Crippen LogP contribution in [0.1, 0.15) is 23.0 Å². The fraction of sp³-hybridized carbons (Fsp3) is 0.214. The number of rotatable bonds is 4. The molecule has 2 aromatic rings. The maximum atomic E-state index is 13.6. The minimum absolute atomic E-state index is 0.0801. The van der Waals surface area contributed by atoms with E-state index in [0.29, 0.717) is 10.2 Å². The van der Waals surface area contributed by atoms with Crippen LogP contribution in [-0.2, 0) is 5.60 Å². The van der Waals surface area contributed by atoms with Gasteiger partial charge in [0.2, 0.25) is 0 Å². The topological polar surface area (TPSA) is 62.5 Å². The van der Waals surface area contributed by atoms with Crippen molar-refractivity contribution in [1.82, 2.24) is 5.32 Å². The van der Waals surface area contributed by atoms with E-state index >= 15 is 0 Å². The molecule has 1 aromatic carbocycles. The fourth-order valence-electron chi connectivity index (χ4n) is 1.69. The molecule has 0 saturated carbocycles. The standard InChI is InChI=1S/C14H13BrFNO3/c1-14(19,12-3-2-6-20-12)8-17-13(18)10-5-4-9(15)7-11(10)16/h2-7,19H,8H2,1H3,(H,17,18). The number of benzene rings is 1. The second kappa shape index (κ2) is 5.76. The molecular formula is C14H13BrFNO3. The predicted molar refractivity (Wildman–Crippen MR) is 74.7 cm³/mol. The molecule has 0 spiro atoms. The number of nitrogens with one attached hydrogen (secondary N) is 1. The van der Waals surface area contributed by atoms with Crippen LogP contribution in [0.25, 0.3) is 0 Å². The van der Waals surface area contributed by atoms with Crippen molar-refractivity contribution in [2.75, 3.05) is 6.54 Å². The first-order chi connectivity index (χ1) is 9.40. The highest BCUT2D eigenvalue weighted by molar-refractivity contribution is 9.10. The highest BCUT2D eigenvalue weighted by Gasteiger charge is 2.27. The Balaban J connectivity index is 2.05. The lowest BCUT2D eigenvalue weighted by molar-refractivity contribution is 0.0329. The third-order valence-electron chi connectivity index (χ3n) is 2.82. The van der Waals surface area contributed by atoms with Crippen LogP contribution in [0.2, 0.25) is 0 Å². The average Bonchev–Trinajstić information content (AvgIpc) is 2.90. The van der Waals surface area contributed by atoms with Crippen LogP contribution in [0, 0.1) is 5.82 Å². The predicted octanol–water partition coefficient (Wildman–Crippen LogP) is 2.82. The SMILES string of the molecule is CC(O)(CNC(=O)c1ccc(Br)cc1F)c1ccco1. The van der Waals surface area contributed by atoms with Crippen LogP contribution >= 0.6 is 15.9 Å². The number of carbonyl (C=O) groups is 1. The van der Waals surface area contributed by atoms with E-state index in [9.17, 15) is 14.3 Å².